The van der Waals surface area contributed by atoms with Gasteiger partial charge in [0.15, 0.2) is 0 Å². The molecule has 2 N–H and O–H groups in total. The number of aliphatic hydroxyl groups is 2. The SMILES string of the molecule is Cc1ccc(C(O)c2cc(CO)cs2)cc1. The summed E-state index contributed by atoms with van der Waals surface area (Å²) in [4.78, 5) is 0.868. The largest absolute Gasteiger partial charge is 0.392 e. The average Bonchev–Trinajstić information content (AvgIpc) is 2.77. The number of thiophene rings is 1. The first-order valence-corrected chi connectivity index (χ1v) is 6.01. The number of rotatable bonds is 3. The molecule has 2 rings (SSSR count). The first-order chi connectivity index (χ1) is 7.70. The molecule has 0 aliphatic carbocycles. The molecule has 0 bridgehead atoms. The van der Waals surface area contributed by atoms with Gasteiger partial charge in [-0.1, -0.05) is 29.8 Å². The van der Waals surface area contributed by atoms with Gasteiger partial charge in [-0.25, -0.2) is 0 Å². The van der Waals surface area contributed by atoms with Crippen molar-refractivity contribution in [3.8, 4) is 0 Å². The minimum Gasteiger partial charge on any atom is -0.392 e. The topological polar surface area (TPSA) is 40.5 Å². The predicted octanol–water partition coefficient (Wildman–Crippen LogP) is 2.63. The molecule has 0 radical (unpaired) electrons. The van der Waals surface area contributed by atoms with E-state index in [4.69, 9.17) is 5.11 Å². The lowest BCUT2D eigenvalue weighted by Gasteiger charge is -2.08. The molecule has 0 aliphatic rings. The first-order valence-electron chi connectivity index (χ1n) is 5.13. The Morgan fingerprint density at radius 2 is 1.94 bits per heavy atom. The third-order valence-electron chi connectivity index (χ3n) is 2.52. The second-order valence-electron chi connectivity index (χ2n) is 3.83. The zero-order valence-corrected chi connectivity index (χ0v) is 9.87. The van der Waals surface area contributed by atoms with E-state index in [1.165, 1.54) is 16.9 Å². The Balaban J connectivity index is 2.24. The quantitative estimate of drug-likeness (QED) is 0.857. The predicted molar refractivity (Wildman–Crippen MR) is 65.5 cm³/mol. The number of hydrogen-bond donors (Lipinski definition) is 2. The summed E-state index contributed by atoms with van der Waals surface area (Å²) in [6.07, 6.45) is -0.592. The Hall–Kier alpha value is -1.16. The third-order valence-corrected chi connectivity index (χ3v) is 3.55. The number of hydrogen-bond acceptors (Lipinski definition) is 3. The standard InChI is InChI=1S/C13H14O2S/c1-9-2-4-11(5-3-9)13(15)12-6-10(7-14)8-16-12/h2-6,8,13-15H,7H2,1H3. The van der Waals surface area contributed by atoms with Crippen molar-refractivity contribution in [1.29, 1.82) is 0 Å². The lowest BCUT2D eigenvalue weighted by atomic mass is 10.1. The van der Waals surface area contributed by atoms with E-state index in [9.17, 15) is 5.11 Å². The summed E-state index contributed by atoms with van der Waals surface area (Å²) >= 11 is 1.47. The molecule has 1 aromatic heterocycles. The molecule has 1 unspecified atom stereocenters. The van der Waals surface area contributed by atoms with Gasteiger partial charge in [-0.3, -0.25) is 0 Å². The van der Waals surface area contributed by atoms with Gasteiger partial charge in [0, 0.05) is 4.88 Å². The van der Waals surface area contributed by atoms with Crippen molar-refractivity contribution in [1.82, 2.24) is 0 Å². The van der Waals surface area contributed by atoms with Crippen molar-refractivity contribution in [2.24, 2.45) is 0 Å². The summed E-state index contributed by atoms with van der Waals surface area (Å²) in [5.41, 5.74) is 2.92. The van der Waals surface area contributed by atoms with Gasteiger partial charge in [-0.05, 0) is 29.5 Å². The maximum atomic E-state index is 10.1. The van der Waals surface area contributed by atoms with Gasteiger partial charge in [-0.2, -0.15) is 0 Å². The van der Waals surface area contributed by atoms with Crippen LogP contribution in [0, 0.1) is 6.92 Å². The second kappa shape index (κ2) is 4.78. The van der Waals surface area contributed by atoms with Crippen LogP contribution in [0.15, 0.2) is 35.7 Å². The molecule has 0 saturated carbocycles. The van der Waals surface area contributed by atoms with E-state index in [0.29, 0.717) is 0 Å². The normalized spacial score (nSPS) is 12.7. The van der Waals surface area contributed by atoms with E-state index in [1.807, 2.05) is 42.6 Å². The fourth-order valence-corrected chi connectivity index (χ4v) is 2.45. The van der Waals surface area contributed by atoms with Crippen molar-refractivity contribution in [3.63, 3.8) is 0 Å². The molecule has 0 fully saturated rings. The Morgan fingerprint density at radius 3 is 2.50 bits per heavy atom. The molecular formula is C13H14O2S. The van der Waals surface area contributed by atoms with Gasteiger partial charge in [0.1, 0.15) is 6.10 Å². The highest BCUT2D eigenvalue weighted by Gasteiger charge is 2.12. The Kier molecular flexibility index (Phi) is 3.39. The van der Waals surface area contributed by atoms with Crippen molar-refractivity contribution in [3.05, 3.63) is 57.3 Å². The van der Waals surface area contributed by atoms with E-state index < -0.39 is 6.10 Å². The molecule has 2 aromatic rings. The van der Waals surface area contributed by atoms with Gasteiger partial charge in [0.05, 0.1) is 6.61 Å². The van der Waals surface area contributed by atoms with Gasteiger partial charge in [0.2, 0.25) is 0 Å². The monoisotopic (exact) mass is 234 g/mol. The van der Waals surface area contributed by atoms with E-state index >= 15 is 0 Å². The van der Waals surface area contributed by atoms with Gasteiger partial charge in [-0.15, -0.1) is 11.3 Å². The van der Waals surface area contributed by atoms with Gasteiger partial charge >= 0.3 is 0 Å². The molecule has 3 heteroatoms. The highest BCUT2D eigenvalue weighted by Crippen LogP contribution is 2.27. The maximum absolute atomic E-state index is 10.1. The maximum Gasteiger partial charge on any atom is 0.113 e. The van der Waals surface area contributed by atoms with Crippen LogP contribution in [-0.2, 0) is 6.61 Å². The second-order valence-corrected chi connectivity index (χ2v) is 4.77. The van der Waals surface area contributed by atoms with Crippen molar-refractivity contribution in [2.45, 2.75) is 19.6 Å². The van der Waals surface area contributed by atoms with Crippen LogP contribution in [0.25, 0.3) is 0 Å². The highest BCUT2D eigenvalue weighted by molar-refractivity contribution is 7.10. The van der Waals surface area contributed by atoms with Crippen LogP contribution in [-0.4, -0.2) is 10.2 Å². The summed E-state index contributed by atoms with van der Waals surface area (Å²) in [5, 5.41) is 21.0. The molecular weight excluding hydrogens is 220 g/mol. The fraction of sp³-hybridized carbons (Fsp3) is 0.231. The first kappa shape index (κ1) is 11.3. The summed E-state index contributed by atoms with van der Waals surface area (Å²) in [5.74, 6) is 0. The molecule has 0 amide bonds. The zero-order valence-electron chi connectivity index (χ0n) is 9.05. The third kappa shape index (κ3) is 2.32. The molecule has 1 heterocycles. The smallest absolute Gasteiger partial charge is 0.113 e. The Bertz CT molecular complexity index is 459. The number of aryl methyl sites for hydroxylation is 1. The molecule has 16 heavy (non-hydrogen) atoms. The minimum atomic E-state index is -0.592. The average molecular weight is 234 g/mol. The van der Waals surface area contributed by atoms with E-state index in [1.54, 1.807) is 0 Å². The van der Waals surface area contributed by atoms with E-state index in [-0.39, 0.29) is 6.61 Å². The molecule has 2 nitrogen and oxygen atoms in total. The molecule has 0 saturated heterocycles. The van der Waals surface area contributed by atoms with Crippen molar-refractivity contribution in [2.75, 3.05) is 0 Å². The lowest BCUT2D eigenvalue weighted by Crippen LogP contribution is -1.96. The molecule has 0 aliphatic heterocycles. The van der Waals surface area contributed by atoms with Crippen LogP contribution < -0.4 is 0 Å². The summed E-state index contributed by atoms with van der Waals surface area (Å²) in [7, 11) is 0. The van der Waals surface area contributed by atoms with Crippen LogP contribution in [0.4, 0.5) is 0 Å². The van der Waals surface area contributed by atoms with Crippen LogP contribution in [0.1, 0.15) is 27.7 Å². The summed E-state index contributed by atoms with van der Waals surface area (Å²) in [6, 6.07) is 9.67. The summed E-state index contributed by atoms with van der Waals surface area (Å²) < 4.78 is 0. The fourth-order valence-electron chi connectivity index (χ4n) is 1.53. The minimum absolute atomic E-state index is 0.0249. The molecule has 1 aromatic carbocycles. The zero-order chi connectivity index (χ0) is 11.5. The number of benzene rings is 1. The molecule has 0 spiro atoms. The van der Waals surface area contributed by atoms with Crippen molar-refractivity contribution >= 4 is 11.3 Å². The Labute approximate surface area is 98.8 Å². The van der Waals surface area contributed by atoms with Crippen molar-refractivity contribution < 1.29 is 10.2 Å². The van der Waals surface area contributed by atoms with Crippen LogP contribution in [0.2, 0.25) is 0 Å². The van der Waals surface area contributed by atoms with Gasteiger partial charge in [0.25, 0.3) is 0 Å². The Morgan fingerprint density at radius 1 is 1.25 bits per heavy atom. The van der Waals surface area contributed by atoms with Crippen LogP contribution in [0.5, 0.6) is 0 Å². The molecule has 84 valence electrons. The van der Waals surface area contributed by atoms with Crippen LogP contribution >= 0.6 is 11.3 Å². The highest BCUT2D eigenvalue weighted by atomic mass is 32.1. The summed E-state index contributed by atoms with van der Waals surface area (Å²) in [6.45, 7) is 2.04. The molecule has 1 atom stereocenters. The van der Waals surface area contributed by atoms with E-state index in [0.717, 1.165) is 16.0 Å². The van der Waals surface area contributed by atoms with Gasteiger partial charge < -0.3 is 10.2 Å². The van der Waals surface area contributed by atoms with E-state index in [2.05, 4.69) is 0 Å². The van der Waals surface area contributed by atoms with Crippen LogP contribution in [0.3, 0.4) is 0 Å². The number of aliphatic hydroxyl groups excluding tert-OH is 2. The lowest BCUT2D eigenvalue weighted by molar-refractivity contribution is 0.224.